The van der Waals surface area contributed by atoms with E-state index < -0.39 is 17.5 Å². The molecule has 0 atom stereocenters. The summed E-state index contributed by atoms with van der Waals surface area (Å²) < 4.78 is 27.8. The molecule has 0 bridgehead atoms. The second-order valence-corrected chi connectivity index (χ2v) is 5.42. The Kier molecular flexibility index (Phi) is 5.16. The summed E-state index contributed by atoms with van der Waals surface area (Å²) in [6.07, 6.45) is 4.90. The van der Waals surface area contributed by atoms with E-state index in [-0.39, 0.29) is 12.1 Å². The molecular formula is C17H16F2N6O. The molecule has 26 heavy (non-hydrogen) atoms. The van der Waals surface area contributed by atoms with Crippen LogP contribution >= 0.6 is 0 Å². The molecule has 0 saturated carbocycles. The Balaban J connectivity index is 1.53. The van der Waals surface area contributed by atoms with Gasteiger partial charge < -0.3 is 10.6 Å². The Morgan fingerprint density at radius 2 is 1.96 bits per heavy atom. The molecule has 1 aromatic carbocycles. The lowest BCUT2D eigenvalue weighted by Crippen LogP contribution is -2.29. The van der Waals surface area contributed by atoms with Crippen LogP contribution in [0, 0.1) is 18.6 Å². The Labute approximate surface area is 148 Å². The SMILES string of the molecule is Cc1nccn1-c1cc(NCCNC(=O)c2ccc(F)c(F)c2)ncn1. The zero-order chi connectivity index (χ0) is 18.5. The molecule has 1 amide bonds. The molecule has 0 saturated heterocycles. The van der Waals surface area contributed by atoms with E-state index >= 15 is 0 Å². The minimum atomic E-state index is -1.06. The van der Waals surface area contributed by atoms with Crippen molar-refractivity contribution in [3.63, 3.8) is 0 Å². The number of imidazole rings is 1. The van der Waals surface area contributed by atoms with Gasteiger partial charge in [-0.15, -0.1) is 0 Å². The Morgan fingerprint density at radius 3 is 2.69 bits per heavy atom. The van der Waals surface area contributed by atoms with Gasteiger partial charge in [0.25, 0.3) is 5.91 Å². The van der Waals surface area contributed by atoms with Crippen LogP contribution in [0.5, 0.6) is 0 Å². The number of halogens is 2. The second kappa shape index (κ2) is 7.68. The van der Waals surface area contributed by atoms with Crippen molar-refractivity contribution in [1.29, 1.82) is 0 Å². The van der Waals surface area contributed by atoms with Crippen molar-refractivity contribution >= 4 is 11.7 Å². The highest BCUT2D eigenvalue weighted by molar-refractivity contribution is 5.94. The maximum atomic E-state index is 13.1. The zero-order valence-corrected chi connectivity index (χ0v) is 13.9. The first-order valence-corrected chi connectivity index (χ1v) is 7.84. The van der Waals surface area contributed by atoms with Gasteiger partial charge in [-0.3, -0.25) is 9.36 Å². The Morgan fingerprint density at radius 1 is 1.12 bits per heavy atom. The minimum absolute atomic E-state index is 0.0591. The summed E-state index contributed by atoms with van der Waals surface area (Å²) in [6.45, 7) is 2.54. The van der Waals surface area contributed by atoms with Gasteiger partial charge >= 0.3 is 0 Å². The number of hydrogen-bond donors (Lipinski definition) is 2. The van der Waals surface area contributed by atoms with Gasteiger partial charge in [-0.05, 0) is 25.1 Å². The summed E-state index contributed by atoms with van der Waals surface area (Å²) in [7, 11) is 0. The monoisotopic (exact) mass is 358 g/mol. The van der Waals surface area contributed by atoms with Gasteiger partial charge in [-0.25, -0.2) is 23.7 Å². The number of amides is 1. The van der Waals surface area contributed by atoms with E-state index in [0.29, 0.717) is 18.2 Å². The number of nitrogens with zero attached hydrogens (tertiary/aromatic N) is 4. The van der Waals surface area contributed by atoms with E-state index in [9.17, 15) is 13.6 Å². The summed E-state index contributed by atoms with van der Waals surface area (Å²) in [4.78, 5) is 24.4. The molecule has 0 aliphatic rings. The lowest BCUT2D eigenvalue weighted by atomic mass is 10.2. The van der Waals surface area contributed by atoms with Crippen molar-refractivity contribution in [1.82, 2.24) is 24.8 Å². The van der Waals surface area contributed by atoms with Gasteiger partial charge in [0.05, 0.1) is 0 Å². The number of carbonyl (C=O) groups is 1. The molecule has 0 aliphatic carbocycles. The highest BCUT2D eigenvalue weighted by atomic mass is 19.2. The van der Waals surface area contributed by atoms with Crippen LogP contribution in [0.25, 0.3) is 5.82 Å². The highest BCUT2D eigenvalue weighted by Gasteiger charge is 2.09. The predicted molar refractivity (Wildman–Crippen MR) is 91.1 cm³/mol. The van der Waals surface area contributed by atoms with Gasteiger partial charge in [-0.1, -0.05) is 0 Å². The molecule has 0 unspecified atom stereocenters. The number of aryl methyl sites for hydroxylation is 1. The van der Waals surface area contributed by atoms with E-state index in [0.717, 1.165) is 18.0 Å². The van der Waals surface area contributed by atoms with Gasteiger partial charge in [-0.2, -0.15) is 0 Å². The quantitative estimate of drug-likeness (QED) is 0.659. The molecule has 2 N–H and O–H groups in total. The van der Waals surface area contributed by atoms with Gasteiger partial charge in [0.1, 0.15) is 23.8 Å². The van der Waals surface area contributed by atoms with E-state index in [2.05, 4.69) is 25.6 Å². The van der Waals surface area contributed by atoms with E-state index in [4.69, 9.17) is 0 Å². The maximum Gasteiger partial charge on any atom is 0.251 e. The Bertz CT molecular complexity index is 927. The lowest BCUT2D eigenvalue weighted by Gasteiger charge is -2.09. The number of rotatable bonds is 6. The van der Waals surface area contributed by atoms with Crippen LogP contribution in [0.2, 0.25) is 0 Å². The standard InChI is InChI=1S/C17H16F2N6O/c1-11-20-6-7-25(11)16-9-15(23-10-24-16)21-4-5-22-17(26)12-2-3-13(18)14(19)8-12/h2-3,6-10H,4-5H2,1H3,(H,22,26)(H,21,23,24). The van der Waals surface area contributed by atoms with Crippen LogP contribution in [-0.4, -0.2) is 38.5 Å². The molecule has 3 rings (SSSR count). The number of anilines is 1. The largest absolute Gasteiger partial charge is 0.368 e. The first-order valence-electron chi connectivity index (χ1n) is 7.84. The average Bonchev–Trinajstić information content (AvgIpc) is 3.07. The normalized spacial score (nSPS) is 10.6. The van der Waals surface area contributed by atoms with E-state index in [1.807, 2.05) is 11.5 Å². The summed E-state index contributed by atoms with van der Waals surface area (Å²) in [6, 6.07) is 4.77. The number of benzene rings is 1. The van der Waals surface area contributed by atoms with Crippen LogP contribution in [0.15, 0.2) is 43.0 Å². The third-order valence-corrected chi connectivity index (χ3v) is 3.62. The van der Waals surface area contributed by atoms with Crippen molar-refractivity contribution < 1.29 is 13.6 Å². The summed E-state index contributed by atoms with van der Waals surface area (Å²) in [5.41, 5.74) is 0.0591. The van der Waals surface area contributed by atoms with E-state index in [1.54, 1.807) is 18.5 Å². The van der Waals surface area contributed by atoms with Crippen LogP contribution in [-0.2, 0) is 0 Å². The molecule has 7 nitrogen and oxygen atoms in total. The fraction of sp³-hybridized carbons (Fsp3) is 0.176. The third-order valence-electron chi connectivity index (χ3n) is 3.62. The van der Waals surface area contributed by atoms with Crippen molar-refractivity contribution in [3.05, 3.63) is 66.0 Å². The first-order chi connectivity index (χ1) is 12.5. The fourth-order valence-electron chi connectivity index (χ4n) is 2.30. The smallest absolute Gasteiger partial charge is 0.251 e. The fourth-order valence-corrected chi connectivity index (χ4v) is 2.30. The lowest BCUT2D eigenvalue weighted by molar-refractivity contribution is 0.0954. The summed E-state index contributed by atoms with van der Waals surface area (Å²) in [5, 5.41) is 5.68. The molecule has 9 heteroatoms. The van der Waals surface area contributed by atoms with Gasteiger partial charge in [0, 0.05) is 37.1 Å². The number of nitrogens with one attached hydrogen (secondary N) is 2. The molecule has 3 aromatic rings. The van der Waals surface area contributed by atoms with Crippen LogP contribution < -0.4 is 10.6 Å². The molecule has 0 fully saturated rings. The van der Waals surface area contributed by atoms with Crippen LogP contribution in [0.3, 0.4) is 0 Å². The first kappa shape index (κ1) is 17.5. The molecule has 2 heterocycles. The van der Waals surface area contributed by atoms with Crippen molar-refractivity contribution in [2.45, 2.75) is 6.92 Å². The second-order valence-electron chi connectivity index (χ2n) is 5.42. The third kappa shape index (κ3) is 4.00. The zero-order valence-electron chi connectivity index (χ0n) is 13.9. The van der Waals surface area contributed by atoms with Crippen LogP contribution in [0.4, 0.5) is 14.6 Å². The average molecular weight is 358 g/mol. The maximum absolute atomic E-state index is 13.1. The number of aromatic nitrogens is 4. The van der Waals surface area contributed by atoms with Crippen molar-refractivity contribution in [2.75, 3.05) is 18.4 Å². The van der Waals surface area contributed by atoms with Crippen LogP contribution in [0.1, 0.15) is 16.2 Å². The molecule has 0 radical (unpaired) electrons. The van der Waals surface area contributed by atoms with E-state index in [1.165, 1.54) is 12.4 Å². The van der Waals surface area contributed by atoms with Crippen molar-refractivity contribution in [2.24, 2.45) is 0 Å². The molecular weight excluding hydrogens is 342 g/mol. The molecule has 134 valence electrons. The molecule has 2 aromatic heterocycles. The minimum Gasteiger partial charge on any atom is -0.368 e. The van der Waals surface area contributed by atoms with Crippen molar-refractivity contribution in [3.8, 4) is 5.82 Å². The highest BCUT2D eigenvalue weighted by Crippen LogP contribution is 2.11. The number of hydrogen-bond acceptors (Lipinski definition) is 5. The topological polar surface area (TPSA) is 84.7 Å². The predicted octanol–water partition coefficient (Wildman–Crippen LogP) is 2.09. The summed E-state index contributed by atoms with van der Waals surface area (Å²) >= 11 is 0. The van der Waals surface area contributed by atoms with Gasteiger partial charge in [0.2, 0.25) is 0 Å². The Hall–Kier alpha value is -3.36. The molecule has 0 spiro atoms. The van der Waals surface area contributed by atoms with Gasteiger partial charge in [0.15, 0.2) is 11.6 Å². The molecule has 0 aliphatic heterocycles. The number of carbonyl (C=O) groups excluding carboxylic acids is 1. The summed E-state index contributed by atoms with van der Waals surface area (Å²) in [5.74, 6) is -0.472.